The summed E-state index contributed by atoms with van der Waals surface area (Å²) >= 11 is 0. The van der Waals surface area contributed by atoms with E-state index in [0.717, 1.165) is 23.0 Å². The lowest BCUT2D eigenvalue weighted by Gasteiger charge is -2.33. The third-order valence-electron chi connectivity index (χ3n) is 5.71. The second kappa shape index (κ2) is 8.57. The highest BCUT2D eigenvalue weighted by Crippen LogP contribution is 2.39. The molecule has 1 aliphatic carbocycles. The van der Waals surface area contributed by atoms with Gasteiger partial charge in [-0.25, -0.2) is 18.0 Å². The van der Waals surface area contributed by atoms with Crippen LogP contribution in [0.15, 0.2) is 36.4 Å². The number of urea groups is 1. The molecule has 33 heavy (non-hydrogen) atoms. The van der Waals surface area contributed by atoms with Crippen molar-refractivity contribution in [3.05, 3.63) is 65.0 Å². The van der Waals surface area contributed by atoms with Gasteiger partial charge in [0, 0.05) is 0 Å². The van der Waals surface area contributed by atoms with Crippen LogP contribution in [0.4, 0.5) is 23.7 Å². The maximum atomic E-state index is 13.7. The van der Waals surface area contributed by atoms with E-state index >= 15 is 0 Å². The number of amides is 5. The highest BCUT2D eigenvalue weighted by atomic mass is 19.2. The first kappa shape index (κ1) is 22.3. The average Bonchev–Trinajstić information content (AvgIpc) is 3.03. The molecule has 0 aromatic heterocycles. The molecule has 1 spiro atoms. The van der Waals surface area contributed by atoms with Gasteiger partial charge in [-0.3, -0.25) is 19.3 Å². The Labute approximate surface area is 186 Å². The Hall–Kier alpha value is -3.89. The van der Waals surface area contributed by atoms with Crippen molar-refractivity contribution in [1.82, 2.24) is 15.5 Å². The minimum absolute atomic E-state index is 0.398. The van der Waals surface area contributed by atoms with Crippen LogP contribution in [-0.2, 0) is 26.3 Å². The number of benzene rings is 2. The van der Waals surface area contributed by atoms with E-state index in [1.807, 2.05) is 17.4 Å². The molecule has 0 saturated carbocycles. The quantitative estimate of drug-likeness (QED) is 0.468. The van der Waals surface area contributed by atoms with Gasteiger partial charge in [-0.05, 0) is 42.5 Å². The molecule has 3 N–H and O–H groups in total. The van der Waals surface area contributed by atoms with Crippen molar-refractivity contribution in [1.29, 1.82) is 0 Å². The molecular formula is C22H19F3N4O4. The number of anilines is 1. The standard InChI is InChI=1S/C22H19F3N4O4/c23-14-7-8-15(19(25)18(14)24)27-16(30)10-26-17(31)11-29-20(32)22(28-21(29)33)9-3-5-12-4-1-2-6-13(12)22/h1-2,4,6-8H,3,5,9-11H2,(H,26,31)(H,27,30)(H,28,33). The number of halogens is 3. The lowest BCUT2D eigenvalue weighted by Crippen LogP contribution is -2.47. The Morgan fingerprint density at radius 1 is 1.03 bits per heavy atom. The van der Waals surface area contributed by atoms with Gasteiger partial charge in [-0.15, -0.1) is 0 Å². The van der Waals surface area contributed by atoms with Gasteiger partial charge in [-0.2, -0.15) is 0 Å². The number of aryl methyl sites for hydroxylation is 1. The second-order valence-electron chi connectivity index (χ2n) is 7.79. The monoisotopic (exact) mass is 460 g/mol. The zero-order chi connectivity index (χ0) is 23.8. The molecular weight excluding hydrogens is 441 g/mol. The van der Waals surface area contributed by atoms with Gasteiger partial charge in [0.15, 0.2) is 17.5 Å². The number of hydrogen-bond acceptors (Lipinski definition) is 4. The van der Waals surface area contributed by atoms with E-state index < -0.39 is 65.5 Å². The SMILES string of the molecule is O=C(CN1C(=O)NC2(CCCc3ccccc32)C1=O)NCC(=O)Nc1ccc(F)c(F)c1F. The summed E-state index contributed by atoms with van der Waals surface area (Å²) in [7, 11) is 0. The summed E-state index contributed by atoms with van der Waals surface area (Å²) in [6.45, 7) is -1.27. The van der Waals surface area contributed by atoms with Crippen LogP contribution in [0.3, 0.4) is 0 Å². The highest BCUT2D eigenvalue weighted by molar-refractivity contribution is 6.09. The molecule has 2 aliphatic rings. The van der Waals surface area contributed by atoms with Crippen molar-refractivity contribution in [2.45, 2.75) is 24.8 Å². The molecule has 1 atom stereocenters. The smallest absolute Gasteiger partial charge is 0.325 e. The fourth-order valence-electron chi connectivity index (χ4n) is 4.15. The van der Waals surface area contributed by atoms with Crippen molar-refractivity contribution in [2.24, 2.45) is 0 Å². The van der Waals surface area contributed by atoms with Crippen LogP contribution < -0.4 is 16.0 Å². The van der Waals surface area contributed by atoms with Crippen molar-refractivity contribution in [2.75, 3.05) is 18.4 Å². The number of nitrogens with zero attached hydrogens (tertiary/aromatic N) is 1. The predicted octanol–water partition coefficient (Wildman–Crippen LogP) is 1.94. The molecule has 4 rings (SSSR count). The molecule has 0 bridgehead atoms. The maximum absolute atomic E-state index is 13.7. The number of imide groups is 1. The molecule has 1 saturated heterocycles. The Morgan fingerprint density at radius 2 is 1.79 bits per heavy atom. The molecule has 1 unspecified atom stereocenters. The first-order valence-electron chi connectivity index (χ1n) is 10.2. The van der Waals surface area contributed by atoms with E-state index in [9.17, 15) is 32.3 Å². The Balaban J connectivity index is 1.38. The summed E-state index contributed by atoms with van der Waals surface area (Å²) in [5, 5.41) is 6.93. The van der Waals surface area contributed by atoms with Gasteiger partial charge < -0.3 is 16.0 Å². The summed E-state index contributed by atoms with van der Waals surface area (Å²) in [4.78, 5) is 50.7. The van der Waals surface area contributed by atoms with Gasteiger partial charge >= 0.3 is 6.03 Å². The molecule has 8 nitrogen and oxygen atoms in total. The second-order valence-corrected chi connectivity index (χ2v) is 7.79. The lowest BCUT2D eigenvalue weighted by atomic mass is 9.76. The lowest BCUT2D eigenvalue weighted by molar-refractivity contribution is -0.135. The number of fused-ring (bicyclic) bond motifs is 2. The third-order valence-corrected chi connectivity index (χ3v) is 5.71. The average molecular weight is 460 g/mol. The Bertz CT molecular complexity index is 1170. The topological polar surface area (TPSA) is 108 Å². The van der Waals surface area contributed by atoms with Crippen molar-refractivity contribution in [3.8, 4) is 0 Å². The summed E-state index contributed by atoms with van der Waals surface area (Å²) in [6, 6.07) is 8.04. The van der Waals surface area contributed by atoms with Gasteiger partial charge in [0.25, 0.3) is 5.91 Å². The normalized spacial score (nSPS) is 19.3. The molecule has 5 amide bonds. The van der Waals surface area contributed by atoms with Crippen LogP contribution in [-0.4, -0.2) is 41.7 Å². The Kier molecular flexibility index (Phi) is 5.79. The van der Waals surface area contributed by atoms with E-state index in [4.69, 9.17) is 0 Å². The van der Waals surface area contributed by atoms with Crippen LogP contribution in [0.1, 0.15) is 24.0 Å². The number of rotatable bonds is 5. The summed E-state index contributed by atoms with van der Waals surface area (Å²) < 4.78 is 39.9. The van der Waals surface area contributed by atoms with Crippen molar-refractivity contribution >= 4 is 29.4 Å². The number of hydrogen-bond donors (Lipinski definition) is 3. The van der Waals surface area contributed by atoms with Crippen LogP contribution in [0.2, 0.25) is 0 Å². The third kappa shape index (κ3) is 4.01. The first-order chi connectivity index (χ1) is 15.7. The fraction of sp³-hybridized carbons (Fsp3) is 0.273. The van der Waals surface area contributed by atoms with Crippen LogP contribution in [0.25, 0.3) is 0 Å². The maximum Gasteiger partial charge on any atom is 0.325 e. The highest BCUT2D eigenvalue weighted by Gasteiger charge is 2.54. The molecule has 2 aromatic rings. The number of nitrogens with one attached hydrogen (secondary N) is 3. The minimum atomic E-state index is -1.74. The first-order valence-corrected chi connectivity index (χ1v) is 10.2. The van der Waals surface area contributed by atoms with E-state index in [-0.39, 0.29) is 0 Å². The van der Waals surface area contributed by atoms with E-state index in [2.05, 4.69) is 10.6 Å². The minimum Gasteiger partial charge on any atom is -0.345 e. The largest absolute Gasteiger partial charge is 0.345 e. The van der Waals surface area contributed by atoms with E-state index in [0.29, 0.717) is 24.5 Å². The molecule has 1 fully saturated rings. The summed E-state index contributed by atoms with van der Waals surface area (Å²) in [5.74, 6) is -7.00. The van der Waals surface area contributed by atoms with Gasteiger partial charge in [-0.1, -0.05) is 24.3 Å². The molecule has 172 valence electrons. The van der Waals surface area contributed by atoms with Crippen molar-refractivity contribution < 1.29 is 32.3 Å². The Morgan fingerprint density at radius 3 is 2.58 bits per heavy atom. The summed E-state index contributed by atoms with van der Waals surface area (Å²) in [6.07, 6.45) is 1.86. The van der Waals surface area contributed by atoms with E-state index in [1.54, 1.807) is 12.1 Å². The van der Waals surface area contributed by atoms with Crippen LogP contribution in [0.5, 0.6) is 0 Å². The molecule has 2 aromatic carbocycles. The molecule has 1 aliphatic heterocycles. The summed E-state index contributed by atoms with van der Waals surface area (Å²) in [5.41, 5.74) is -0.177. The van der Waals surface area contributed by atoms with E-state index in [1.165, 1.54) is 0 Å². The number of carbonyl (C=O) groups is 4. The predicted molar refractivity (Wildman–Crippen MR) is 109 cm³/mol. The van der Waals surface area contributed by atoms with Crippen molar-refractivity contribution in [3.63, 3.8) is 0 Å². The molecule has 0 radical (unpaired) electrons. The fourth-order valence-corrected chi connectivity index (χ4v) is 4.15. The van der Waals surface area contributed by atoms with Gasteiger partial charge in [0.05, 0.1) is 12.2 Å². The van der Waals surface area contributed by atoms with Gasteiger partial charge in [0.2, 0.25) is 11.8 Å². The zero-order valence-electron chi connectivity index (χ0n) is 17.2. The molecule has 11 heteroatoms. The van der Waals surface area contributed by atoms with Crippen LogP contribution >= 0.6 is 0 Å². The number of carbonyl (C=O) groups excluding carboxylic acids is 4. The van der Waals surface area contributed by atoms with Crippen LogP contribution in [0, 0.1) is 17.5 Å². The zero-order valence-corrected chi connectivity index (χ0v) is 17.2. The molecule has 1 heterocycles. The van der Waals surface area contributed by atoms with Gasteiger partial charge in [0.1, 0.15) is 12.1 Å².